The fourth-order valence-corrected chi connectivity index (χ4v) is 4.00. The van der Waals surface area contributed by atoms with Crippen molar-refractivity contribution in [3.05, 3.63) is 64.9 Å². The van der Waals surface area contributed by atoms with E-state index in [2.05, 4.69) is 20.8 Å². The van der Waals surface area contributed by atoms with Gasteiger partial charge in [-0.05, 0) is 63.2 Å². The number of carbonyl (C=O) groups is 2. The maximum absolute atomic E-state index is 12.6. The molecule has 3 rings (SSSR count). The Kier molecular flexibility index (Phi) is 7.70. The first kappa shape index (κ1) is 22.8. The number of carbonyl (C=O) groups excluding carboxylic acids is 2. The first-order valence-electron chi connectivity index (χ1n) is 9.87. The number of halogens is 1. The molecule has 0 saturated carbocycles. The van der Waals surface area contributed by atoms with Gasteiger partial charge in [-0.2, -0.15) is 0 Å². The summed E-state index contributed by atoms with van der Waals surface area (Å²) in [6.45, 7) is 6.52. The summed E-state index contributed by atoms with van der Waals surface area (Å²) in [6, 6.07) is 14.3. The van der Waals surface area contributed by atoms with Gasteiger partial charge in [0.2, 0.25) is 5.91 Å². The van der Waals surface area contributed by atoms with Gasteiger partial charge < -0.3 is 15.2 Å². The molecule has 0 spiro atoms. The number of hydrogen-bond acceptors (Lipinski definition) is 6. The van der Waals surface area contributed by atoms with Gasteiger partial charge in [0, 0.05) is 28.5 Å². The van der Waals surface area contributed by atoms with Gasteiger partial charge in [0.15, 0.2) is 16.8 Å². The Labute approximate surface area is 190 Å². The van der Waals surface area contributed by atoms with E-state index in [1.807, 2.05) is 42.7 Å². The molecule has 31 heavy (non-hydrogen) atoms. The van der Waals surface area contributed by atoms with Crippen molar-refractivity contribution in [3.63, 3.8) is 0 Å². The smallest absolute Gasteiger partial charge is 0.237 e. The highest BCUT2D eigenvalue weighted by atomic mass is 35.5. The summed E-state index contributed by atoms with van der Waals surface area (Å²) in [6.07, 6.45) is 0. The van der Waals surface area contributed by atoms with Crippen molar-refractivity contribution in [2.75, 3.05) is 10.6 Å². The van der Waals surface area contributed by atoms with Crippen LogP contribution in [0.4, 0.5) is 11.4 Å². The molecule has 7 nitrogen and oxygen atoms in total. The summed E-state index contributed by atoms with van der Waals surface area (Å²) in [4.78, 5) is 24.0. The molecule has 1 unspecified atom stereocenters. The zero-order chi connectivity index (χ0) is 22.4. The highest BCUT2D eigenvalue weighted by molar-refractivity contribution is 8.00. The maximum Gasteiger partial charge on any atom is 0.237 e. The number of nitrogens with zero attached hydrogens (tertiary/aromatic N) is 3. The number of rotatable bonds is 9. The lowest BCUT2D eigenvalue weighted by atomic mass is 10.1. The van der Waals surface area contributed by atoms with Crippen molar-refractivity contribution in [3.8, 4) is 0 Å². The standard InChI is InChI=1S/C22H24ClN5O2S/c1-4-28-20(13-24-19-7-5-6-17(23)12-19)26-27-22(28)31-15(3)21(30)25-18-10-8-16(9-11-18)14(2)29/h5-12,15,24H,4,13H2,1-3H3,(H,25,30). The van der Waals surface area contributed by atoms with Crippen molar-refractivity contribution in [1.82, 2.24) is 14.8 Å². The van der Waals surface area contributed by atoms with Crippen LogP contribution in [0.5, 0.6) is 0 Å². The Hall–Kier alpha value is -2.84. The molecule has 0 aliphatic rings. The molecule has 0 bridgehead atoms. The van der Waals surface area contributed by atoms with Crippen LogP contribution in [-0.4, -0.2) is 31.7 Å². The van der Waals surface area contributed by atoms with Crippen LogP contribution in [0, 0.1) is 0 Å². The summed E-state index contributed by atoms with van der Waals surface area (Å²) in [5.74, 6) is 0.614. The minimum Gasteiger partial charge on any atom is -0.378 e. The van der Waals surface area contributed by atoms with Gasteiger partial charge in [-0.25, -0.2) is 0 Å². The molecule has 0 radical (unpaired) electrons. The molecule has 0 aliphatic carbocycles. The van der Waals surface area contributed by atoms with Crippen LogP contribution in [0.1, 0.15) is 37.0 Å². The summed E-state index contributed by atoms with van der Waals surface area (Å²) in [5, 5.41) is 15.7. The predicted octanol–water partition coefficient (Wildman–Crippen LogP) is 4.89. The van der Waals surface area contributed by atoms with Crippen molar-refractivity contribution in [1.29, 1.82) is 0 Å². The highest BCUT2D eigenvalue weighted by Crippen LogP contribution is 2.24. The third-order valence-corrected chi connectivity index (χ3v) is 5.91. The Morgan fingerprint density at radius 2 is 1.87 bits per heavy atom. The number of hydrogen-bond donors (Lipinski definition) is 2. The molecule has 9 heteroatoms. The van der Waals surface area contributed by atoms with E-state index in [1.165, 1.54) is 18.7 Å². The monoisotopic (exact) mass is 457 g/mol. The Morgan fingerprint density at radius 3 is 2.52 bits per heavy atom. The van der Waals surface area contributed by atoms with Gasteiger partial charge >= 0.3 is 0 Å². The topological polar surface area (TPSA) is 88.9 Å². The van der Waals surface area contributed by atoms with Crippen LogP contribution < -0.4 is 10.6 Å². The Balaban J connectivity index is 1.61. The van der Waals surface area contributed by atoms with E-state index in [-0.39, 0.29) is 16.9 Å². The molecule has 0 aliphatic heterocycles. The van der Waals surface area contributed by atoms with E-state index < -0.39 is 0 Å². The lowest BCUT2D eigenvalue weighted by molar-refractivity contribution is -0.115. The minimum atomic E-state index is -0.379. The molecule has 3 aromatic rings. The molecule has 162 valence electrons. The molecule has 1 heterocycles. The number of anilines is 2. The third-order valence-electron chi connectivity index (χ3n) is 4.60. The van der Waals surface area contributed by atoms with Crippen LogP contribution in [-0.2, 0) is 17.9 Å². The highest BCUT2D eigenvalue weighted by Gasteiger charge is 2.20. The van der Waals surface area contributed by atoms with E-state index >= 15 is 0 Å². The summed E-state index contributed by atoms with van der Waals surface area (Å²) in [5.41, 5.74) is 2.15. The van der Waals surface area contributed by atoms with E-state index in [9.17, 15) is 9.59 Å². The molecular formula is C22H24ClN5O2S. The van der Waals surface area contributed by atoms with E-state index in [0.29, 0.717) is 34.5 Å². The van der Waals surface area contributed by atoms with Crippen molar-refractivity contribution in [2.24, 2.45) is 0 Å². The van der Waals surface area contributed by atoms with Crippen molar-refractivity contribution >= 4 is 46.4 Å². The zero-order valence-corrected chi connectivity index (χ0v) is 19.1. The average Bonchev–Trinajstić information content (AvgIpc) is 3.14. The molecule has 1 amide bonds. The third kappa shape index (κ3) is 6.08. The van der Waals surface area contributed by atoms with Crippen LogP contribution in [0.2, 0.25) is 5.02 Å². The quantitative estimate of drug-likeness (QED) is 0.351. The molecule has 0 fully saturated rings. The average molecular weight is 458 g/mol. The largest absolute Gasteiger partial charge is 0.378 e. The summed E-state index contributed by atoms with van der Waals surface area (Å²) < 4.78 is 1.98. The van der Waals surface area contributed by atoms with Crippen LogP contribution in [0.25, 0.3) is 0 Å². The van der Waals surface area contributed by atoms with Crippen molar-refractivity contribution in [2.45, 2.75) is 44.3 Å². The van der Waals surface area contributed by atoms with Crippen LogP contribution in [0.3, 0.4) is 0 Å². The Morgan fingerprint density at radius 1 is 1.13 bits per heavy atom. The number of nitrogens with one attached hydrogen (secondary N) is 2. The second-order valence-corrected chi connectivity index (χ2v) is 8.63. The number of thioether (sulfide) groups is 1. The van der Waals surface area contributed by atoms with Gasteiger partial charge in [0.1, 0.15) is 0 Å². The molecule has 2 N–H and O–H groups in total. The second-order valence-electron chi connectivity index (χ2n) is 6.89. The molecule has 0 saturated heterocycles. The number of benzene rings is 2. The number of aromatic nitrogens is 3. The number of ketones is 1. The van der Waals surface area contributed by atoms with Crippen LogP contribution >= 0.6 is 23.4 Å². The fourth-order valence-electron chi connectivity index (χ4n) is 2.88. The Bertz CT molecular complexity index is 1070. The fraction of sp³-hybridized carbons (Fsp3) is 0.273. The maximum atomic E-state index is 12.6. The van der Waals surface area contributed by atoms with Gasteiger partial charge in [-0.1, -0.05) is 29.4 Å². The first-order valence-corrected chi connectivity index (χ1v) is 11.1. The molecule has 1 aromatic heterocycles. The second kappa shape index (κ2) is 10.5. The SMILES string of the molecule is CCn1c(CNc2cccc(Cl)c2)nnc1SC(C)C(=O)Nc1ccc(C(C)=O)cc1. The molecular weight excluding hydrogens is 434 g/mol. The number of Topliss-reactive ketones (excluding diaryl/α,β-unsaturated/α-hetero) is 1. The minimum absolute atomic E-state index is 0.0126. The molecule has 1 atom stereocenters. The summed E-state index contributed by atoms with van der Waals surface area (Å²) in [7, 11) is 0. The van der Waals surface area contributed by atoms with Gasteiger partial charge in [-0.15, -0.1) is 10.2 Å². The summed E-state index contributed by atoms with van der Waals surface area (Å²) >= 11 is 7.38. The predicted molar refractivity (Wildman–Crippen MR) is 125 cm³/mol. The van der Waals surface area contributed by atoms with Gasteiger partial charge in [0.25, 0.3) is 0 Å². The lowest BCUT2D eigenvalue weighted by Gasteiger charge is -2.13. The first-order chi connectivity index (χ1) is 14.9. The van der Waals surface area contributed by atoms with Gasteiger partial charge in [0.05, 0.1) is 11.8 Å². The normalized spacial score (nSPS) is 11.7. The lowest BCUT2D eigenvalue weighted by Crippen LogP contribution is -2.23. The van der Waals surface area contributed by atoms with E-state index in [1.54, 1.807) is 24.3 Å². The molecule has 2 aromatic carbocycles. The zero-order valence-electron chi connectivity index (χ0n) is 17.6. The van der Waals surface area contributed by atoms with E-state index in [4.69, 9.17) is 11.6 Å². The number of amides is 1. The van der Waals surface area contributed by atoms with Crippen molar-refractivity contribution < 1.29 is 9.59 Å². The van der Waals surface area contributed by atoms with Gasteiger partial charge in [-0.3, -0.25) is 9.59 Å². The van der Waals surface area contributed by atoms with Crippen LogP contribution in [0.15, 0.2) is 53.7 Å². The van der Waals surface area contributed by atoms with E-state index in [0.717, 1.165) is 11.5 Å².